The quantitative estimate of drug-likeness (QED) is 0.881. The highest BCUT2D eigenvalue weighted by atomic mass is 35.5. The maximum Gasteiger partial charge on any atom is 0.337 e. The Labute approximate surface area is 121 Å². The van der Waals surface area contributed by atoms with Gasteiger partial charge in [-0.3, -0.25) is 4.79 Å². The first-order valence-corrected chi connectivity index (χ1v) is 6.61. The summed E-state index contributed by atoms with van der Waals surface area (Å²) in [5.74, 6) is -0.584. The fraction of sp³-hybridized carbons (Fsp3) is 0.462. The molecule has 1 atom stereocenters. The van der Waals surface area contributed by atoms with E-state index in [4.69, 9.17) is 16.7 Å². The fourth-order valence-corrected chi connectivity index (χ4v) is 2.59. The number of hydrogen-bond donors (Lipinski definition) is 2. The molecule has 1 unspecified atom stereocenters. The summed E-state index contributed by atoms with van der Waals surface area (Å²) in [7, 11) is 1.61. The number of nitrogens with zero attached hydrogens (tertiary/aromatic N) is 2. The summed E-state index contributed by atoms with van der Waals surface area (Å²) in [6, 6.07) is 1.44. The zero-order valence-electron chi connectivity index (χ0n) is 11.3. The topological polar surface area (TPSA) is 82.5 Å². The lowest BCUT2D eigenvalue weighted by Crippen LogP contribution is -2.39. The molecule has 1 aromatic rings. The molecule has 0 aromatic carbocycles. The maximum absolute atomic E-state index is 11.9. The Bertz CT molecular complexity index is 564. The van der Waals surface area contributed by atoms with E-state index in [0.717, 1.165) is 0 Å². The molecule has 0 radical (unpaired) electrons. The van der Waals surface area contributed by atoms with E-state index in [1.165, 1.54) is 12.3 Å². The van der Waals surface area contributed by atoms with Gasteiger partial charge in [0.1, 0.15) is 5.82 Å². The van der Waals surface area contributed by atoms with Crippen LogP contribution in [0.25, 0.3) is 0 Å². The second kappa shape index (κ2) is 5.28. The minimum absolute atomic E-state index is 0.0187. The molecular weight excluding hydrogens is 282 g/mol. The SMILES string of the molecule is CNC(=O)C1(C)CCN(c2cc(C(=O)O)c(Cl)cn2)C1. The molecule has 1 fully saturated rings. The van der Waals surface area contributed by atoms with Crippen LogP contribution in [-0.4, -0.2) is 42.1 Å². The number of hydrogen-bond acceptors (Lipinski definition) is 4. The smallest absolute Gasteiger partial charge is 0.337 e. The average molecular weight is 298 g/mol. The number of carboxylic acid groups (broad SMARTS) is 1. The molecule has 1 aromatic heterocycles. The lowest BCUT2D eigenvalue weighted by atomic mass is 9.89. The first kappa shape index (κ1) is 14.6. The number of amides is 1. The van der Waals surface area contributed by atoms with Crippen LogP contribution < -0.4 is 10.2 Å². The number of pyridine rings is 1. The van der Waals surface area contributed by atoms with Gasteiger partial charge in [-0.2, -0.15) is 0 Å². The van der Waals surface area contributed by atoms with Crippen molar-refractivity contribution in [2.75, 3.05) is 25.0 Å². The summed E-state index contributed by atoms with van der Waals surface area (Å²) in [5, 5.41) is 11.8. The zero-order chi connectivity index (χ0) is 14.9. The molecule has 1 amide bonds. The van der Waals surface area contributed by atoms with Crippen molar-refractivity contribution >= 4 is 29.3 Å². The predicted octanol–water partition coefficient (Wildman–Crippen LogP) is 1.40. The molecule has 7 heteroatoms. The molecule has 0 spiro atoms. The number of carbonyl (C=O) groups is 2. The van der Waals surface area contributed by atoms with Gasteiger partial charge < -0.3 is 15.3 Å². The molecule has 2 heterocycles. The summed E-state index contributed by atoms with van der Waals surface area (Å²) >= 11 is 5.80. The van der Waals surface area contributed by atoms with Crippen molar-refractivity contribution in [2.24, 2.45) is 5.41 Å². The average Bonchev–Trinajstić information content (AvgIpc) is 2.82. The first-order valence-electron chi connectivity index (χ1n) is 6.23. The van der Waals surface area contributed by atoms with E-state index in [1.807, 2.05) is 11.8 Å². The van der Waals surface area contributed by atoms with Crippen molar-refractivity contribution in [1.29, 1.82) is 0 Å². The van der Waals surface area contributed by atoms with E-state index in [0.29, 0.717) is 25.3 Å². The molecule has 2 rings (SSSR count). The highest BCUT2D eigenvalue weighted by Gasteiger charge is 2.40. The molecule has 1 saturated heterocycles. The van der Waals surface area contributed by atoms with Crippen molar-refractivity contribution < 1.29 is 14.7 Å². The van der Waals surface area contributed by atoms with E-state index in [-0.39, 0.29) is 16.5 Å². The Morgan fingerprint density at radius 1 is 1.55 bits per heavy atom. The van der Waals surface area contributed by atoms with Gasteiger partial charge in [0, 0.05) is 26.3 Å². The monoisotopic (exact) mass is 297 g/mol. The third-order valence-corrected chi connectivity index (χ3v) is 3.95. The van der Waals surface area contributed by atoms with Gasteiger partial charge in [0.15, 0.2) is 0 Å². The third kappa shape index (κ3) is 2.56. The first-order chi connectivity index (χ1) is 9.37. The van der Waals surface area contributed by atoms with E-state index in [9.17, 15) is 9.59 Å². The van der Waals surface area contributed by atoms with Gasteiger partial charge in [-0.15, -0.1) is 0 Å². The highest BCUT2D eigenvalue weighted by Crippen LogP contribution is 2.33. The van der Waals surface area contributed by atoms with Crippen molar-refractivity contribution in [3.63, 3.8) is 0 Å². The van der Waals surface area contributed by atoms with Gasteiger partial charge in [-0.1, -0.05) is 11.6 Å². The summed E-state index contributed by atoms with van der Waals surface area (Å²) in [6.45, 7) is 3.04. The molecule has 6 nitrogen and oxygen atoms in total. The zero-order valence-corrected chi connectivity index (χ0v) is 12.1. The molecule has 108 valence electrons. The molecular formula is C13H16ClN3O3. The van der Waals surface area contributed by atoms with Crippen LogP contribution in [0.3, 0.4) is 0 Å². The molecule has 0 aliphatic carbocycles. The molecule has 0 bridgehead atoms. The number of rotatable bonds is 3. The maximum atomic E-state index is 11.9. The van der Waals surface area contributed by atoms with Crippen LogP contribution >= 0.6 is 11.6 Å². The number of carboxylic acids is 1. The standard InChI is InChI=1S/C13H16ClN3O3/c1-13(12(20)15-2)3-4-17(7-13)10-5-8(11(18)19)9(14)6-16-10/h5-6H,3-4,7H2,1-2H3,(H,15,20)(H,18,19). The van der Waals surface area contributed by atoms with Crippen LogP contribution in [0.1, 0.15) is 23.7 Å². The van der Waals surface area contributed by atoms with E-state index in [2.05, 4.69) is 10.3 Å². The molecule has 2 N–H and O–H groups in total. The predicted molar refractivity (Wildman–Crippen MR) is 75.2 cm³/mol. The number of anilines is 1. The van der Waals surface area contributed by atoms with Crippen molar-refractivity contribution in [2.45, 2.75) is 13.3 Å². The van der Waals surface area contributed by atoms with Gasteiger partial charge in [-0.05, 0) is 19.4 Å². The summed E-state index contributed by atoms with van der Waals surface area (Å²) in [4.78, 5) is 29.0. The van der Waals surface area contributed by atoms with Crippen LogP contribution in [0.15, 0.2) is 12.3 Å². The Balaban J connectivity index is 2.25. The van der Waals surface area contributed by atoms with Crippen LogP contribution in [0.2, 0.25) is 5.02 Å². The minimum atomic E-state index is -1.09. The Kier molecular flexibility index (Phi) is 3.85. The Hall–Kier alpha value is -1.82. The minimum Gasteiger partial charge on any atom is -0.478 e. The van der Waals surface area contributed by atoms with Crippen molar-refractivity contribution in [3.8, 4) is 0 Å². The second-order valence-electron chi connectivity index (χ2n) is 5.14. The largest absolute Gasteiger partial charge is 0.478 e. The van der Waals surface area contributed by atoms with E-state index < -0.39 is 11.4 Å². The lowest BCUT2D eigenvalue weighted by molar-refractivity contribution is -0.128. The third-order valence-electron chi connectivity index (χ3n) is 3.64. The number of aromatic carboxylic acids is 1. The number of nitrogens with one attached hydrogen (secondary N) is 1. The van der Waals surface area contributed by atoms with Gasteiger partial charge >= 0.3 is 5.97 Å². The van der Waals surface area contributed by atoms with Gasteiger partial charge in [0.2, 0.25) is 5.91 Å². The molecule has 0 saturated carbocycles. The van der Waals surface area contributed by atoms with Crippen LogP contribution in [0.5, 0.6) is 0 Å². The van der Waals surface area contributed by atoms with Gasteiger partial charge in [0.05, 0.1) is 16.0 Å². The van der Waals surface area contributed by atoms with Crippen molar-refractivity contribution in [3.05, 3.63) is 22.8 Å². The molecule has 1 aliphatic rings. The fourth-order valence-electron chi connectivity index (χ4n) is 2.41. The number of aromatic nitrogens is 1. The van der Waals surface area contributed by atoms with E-state index >= 15 is 0 Å². The normalized spacial score (nSPS) is 21.9. The van der Waals surface area contributed by atoms with Gasteiger partial charge in [0.25, 0.3) is 0 Å². The molecule has 20 heavy (non-hydrogen) atoms. The Morgan fingerprint density at radius 3 is 2.85 bits per heavy atom. The van der Waals surface area contributed by atoms with Crippen LogP contribution in [0.4, 0.5) is 5.82 Å². The van der Waals surface area contributed by atoms with Crippen molar-refractivity contribution in [1.82, 2.24) is 10.3 Å². The Morgan fingerprint density at radius 2 is 2.25 bits per heavy atom. The summed E-state index contributed by atoms with van der Waals surface area (Å²) in [6.07, 6.45) is 2.02. The second-order valence-corrected chi connectivity index (χ2v) is 5.55. The molecule has 1 aliphatic heterocycles. The summed E-state index contributed by atoms with van der Waals surface area (Å²) < 4.78 is 0. The van der Waals surface area contributed by atoms with Gasteiger partial charge in [-0.25, -0.2) is 9.78 Å². The number of carbonyl (C=O) groups excluding carboxylic acids is 1. The van der Waals surface area contributed by atoms with E-state index in [1.54, 1.807) is 7.05 Å². The highest BCUT2D eigenvalue weighted by molar-refractivity contribution is 6.33. The number of halogens is 1. The lowest BCUT2D eigenvalue weighted by Gasteiger charge is -2.23. The summed E-state index contributed by atoms with van der Waals surface area (Å²) in [5.41, 5.74) is -0.468. The van der Waals surface area contributed by atoms with Crippen LogP contribution in [-0.2, 0) is 4.79 Å². The van der Waals surface area contributed by atoms with Crippen LogP contribution in [0, 0.1) is 5.41 Å².